The summed E-state index contributed by atoms with van der Waals surface area (Å²) in [6, 6.07) is 5.61. The first-order valence-electron chi connectivity index (χ1n) is 9.70. The van der Waals surface area contributed by atoms with Gasteiger partial charge in [-0.3, -0.25) is 9.59 Å². The highest BCUT2D eigenvalue weighted by Crippen LogP contribution is 2.42. The van der Waals surface area contributed by atoms with Crippen molar-refractivity contribution in [2.24, 2.45) is 0 Å². The van der Waals surface area contributed by atoms with Gasteiger partial charge in [0, 0.05) is 12.6 Å². The van der Waals surface area contributed by atoms with Gasteiger partial charge >= 0.3 is 5.97 Å². The van der Waals surface area contributed by atoms with Crippen LogP contribution in [0.2, 0.25) is 0 Å². The lowest BCUT2D eigenvalue weighted by atomic mass is 9.79. The van der Waals surface area contributed by atoms with Crippen LogP contribution in [-0.4, -0.2) is 55.9 Å². The van der Waals surface area contributed by atoms with Gasteiger partial charge in [0.05, 0.1) is 16.9 Å². The lowest BCUT2D eigenvalue weighted by Gasteiger charge is -2.29. The van der Waals surface area contributed by atoms with Crippen molar-refractivity contribution in [2.45, 2.75) is 50.5 Å². The number of carbonyl (C=O) groups is 2. The molecule has 1 unspecified atom stereocenters. The summed E-state index contributed by atoms with van der Waals surface area (Å²) in [6.07, 6.45) is 3.19. The number of hydrogen-bond acceptors (Lipinski definition) is 5. The molecule has 1 atom stereocenters. The van der Waals surface area contributed by atoms with Crippen molar-refractivity contribution in [3.8, 4) is 0 Å². The fourth-order valence-electron chi connectivity index (χ4n) is 4.38. The van der Waals surface area contributed by atoms with E-state index in [9.17, 15) is 22.4 Å². The lowest BCUT2D eigenvalue weighted by Crippen LogP contribution is -2.44. The molecule has 2 fully saturated rings. The van der Waals surface area contributed by atoms with Crippen LogP contribution in [0.5, 0.6) is 0 Å². The third-order valence-corrected chi connectivity index (χ3v) is 7.61. The summed E-state index contributed by atoms with van der Waals surface area (Å²) in [6.45, 7) is 1.70. The Labute approximate surface area is 165 Å². The van der Waals surface area contributed by atoms with Crippen LogP contribution in [0.25, 0.3) is 0 Å². The molecule has 8 heteroatoms. The maximum Gasteiger partial charge on any atom is 0.317 e. The van der Waals surface area contributed by atoms with Crippen LogP contribution >= 0.6 is 0 Å². The Balaban J connectivity index is 1.68. The highest BCUT2D eigenvalue weighted by molar-refractivity contribution is 7.91. The number of sulfone groups is 1. The molecule has 1 aliphatic heterocycles. The van der Waals surface area contributed by atoms with E-state index < -0.39 is 39.6 Å². The summed E-state index contributed by atoms with van der Waals surface area (Å²) in [7, 11) is -3.12. The number of amides is 1. The number of ether oxygens (including phenoxy) is 1. The van der Waals surface area contributed by atoms with E-state index in [0.29, 0.717) is 31.4 Å². The standard InChI is InChI=1S/C20H26FNO5S/c1-2-22(17-8-11-28(25,26)14-17)18(23)13-27-19(24)20(9-3-4-10-20)15-6-5-7-16(21)12-15/h5-7,12,17H,2-4,8-11,13-14H2,1H3. The molecule has 1 heterocycles. The zero-order valence-electron chi connectivity index (χ0n) is 16.0. The Morgan fingerprint density at radius 2 is 2.00 bits per heavy atom. The second-order valence-electron chi connectivity index (χ2n) is 7.61. The van der Waals surface area contributed by atoms with Crippen molar-refractivity contribution >= 4 is 21.7 Å². The number of nitrogens with zero attached hydrogens (tertiary/aromatic N) is 1. The highest BCUT2D eigenvalue weighted by Gasteiger charge is 2.45. The van der Waals surface area contributed by atoms with E-state index in [1.807, 2.05) is 0 Å². The molecule has 2 aliphatic rings. The van der Waals surface area contributed by atoms with Crippen LogP contribution in [0, 0.1) is 5.82 Å². The maximum atomic E-state index is 13.7. The normalized spacial score (nSPS) is 22.7. The van der Waals surface area contributed by atoms with E-state index in [0.717, 1.165) is 12.8 Å². The van der Waals surface area contributed by atoms with Gasteiger partial charge in [-0.05, 0) is 43.9 Å². The molecule has 1 saturated carbocycles. The summed E-state index contributed by atoms with van der Waals surface area (Å²) >= 11 is 0. The quantitative estimate of drug-likeness (QED) is 0.671. The predicted molar refractivity (Wildman–Crippen MR) is 102 cm³/mol. The van der Waals surface area contributed by atoms with Gasteiger partial charge in [-0.25, -0.2) is 12.8 Å². The Morgan fingerprint density at radius 3 is 2.57 bits per heavy atom. The van der Waals surface area contributed by atoms with E-state index in [1.54, 1.807) is 19.1 Å². The van der Waals surface area contributed by atoms with Crippen molar-refractivity contribution in [3.05, 3.63) is 35.6 Å². The number of rotatable bonds is 6. The van der Waals surface area contributed by atoms with Crippen LogP contribution in [0.1, 0.15) is 44.6 Å². The number of benzene rings is 1. The summed E-state index contributed by atoms with van der Waals surface area (Å²) in [5.41, 5.74) is -0.340. The molecular weight excluding hydrogens is 385 g/mol. The third kappa shape index (κ3) is 4.21. The van der Waals surface area contributed by atoms with Crippen molar-refractivity contribution in [1.29, 1.82) is 0 Å². The molecule has 1 saturated heterocycles. The minimum Gasteiger partial charge on any atom is -0.455 e. The number of likely N-dealkylation sites (N-methyl/N-ethyl adjacent to an activating group) is 1. The van der Waals surface area contributed by atoms with E-state index in [4.69, 9.17) is 4.74 Å². The molecule has 0 bridgehead atoms. The predicted octanol–water partition coefficient (Wildman–Crippen LogP) is 2.22. The van der Waals surface area contributed by atoms with Gasteiger partial charge in [0.2, 0.25) is 0 Å². The van der Waals surface area contributed by atoms with Crippen molar-refractivity contribution in [2.75, 3.05) is 24.7 Å². The number of esters is 1. The molecule has 0 aromatic heterocycles. The van der Waals surface area contributed by atoms with Crippen molar-refractivity contribution in [3.63, 3.8) is 0 Å². The molecule has 0 spiro atoms. The van der Waals surface area contributed by atoms with Gasteiger partial charge < -0.3 is 9.64 Å². The van der Waals surface area contributed by atoms with E-state index in [2.05, 4.69) is 0 Å². The molecule has 1 aliphatic carbocycles. The number of carbonyl (C=O) groups excluding carboxylic acids is 2. The first kappa shape index (κ1) is 20.8. The van der Waals surface area contributed by atoms with Crippen LogP contribution in [0.3, 0.4) is 0 Å². The smallest absolute Gasteiger partial charge is 0.317 e. The fraction of sp³-hybridized carbons (Fsp3) is 0.600. The Hall–Kier alpha value is -1.96. The SMILES string of the molecule is CCN(C(=O)COC(=O)C1(c2cccc(F)c2)CCCC1)C1CCS(=O)(=O)C1. The number of hydrogen-bond donors (Lipinski definition) is 0. The second kappa shape index (κ2) is 8.19. The summed E-state index contributed by atoms with van der Waals surface area (Å²) < 4.78 is 42.5. The van der Waals surface area contributed by atoms with Gasteiger partial charge in [0.1, 0.15) is 5.82 Å². The van der Waals surface area contributed by atoms with Crippen molar-refractivity contribution < 1.29 is 27.1 Å². The monoisotopic (exact) mass is 411 g/mol. The minimum absolute atomic E-state index is 0.0479. The molecule has 1 amide bonds. The average molecular weight is 411 g/mol. The molecule has 6 nitrogen and oxygen atoms in total. The van der Waals surface area contributed by atoms with Gasteiger partial charge in [0.25, 0.3) is 5.91 Å². The van der Waals surface area contributed by atoms with Crippen LogP contribution in [-0.2, 0) is 29.6 Å². The molecule has 1 aromatic carbocycles. The molecule has 0 N–H and O–H groups in total. The number of halogens is 1. The van der Waals surface area contributed by atoms with E-state index in [-0.39, 0.29) is 17.5 Å². The van der Waals surface area contributed by atoms with E-state index in [1.165, 1.54) is 17.0 Å². The minimum atomic E-state index is -3.12. The fourth-order valence-corrected chi connectivity index (χ4v) is 6.11. The van der Waals surface area contributed by atoms with Crippen LogP contribution in [0.4, 0.5) is 4.39 Å². The molecular formula is C20H26FNO5S. The molecule has 154 valence electrons. The maximum absolute atomic E-state index is 13.7. The van der Waals surface area contributed by atoms with E-state index >= 15 is 0 Å². The first-order chi connectivity index (χ1) is 13.3. The van der Waals surface area contributed by atoms with Crippen LogP contribution < -0.4 is 0 Å². The van der Waals surface area contributed by atoms with Gasteiger partial charge in [0.15, 0.2) is 16.4 Å². The Morgan fingerprint density at radius 1 is 1.29 bits per heavy atom. The molecule has 0 radical (unpaired) electrons. The first-order valence-corrected chi connectivity index (χ1v) is 11.5. The largest absolute Gasteiger partial charge is 0.455 e. The Bertz CT molecular complexity index is 848. The zero-order valence-corrected chi connectivity index (χ0v) is 16.8. The van der Waals surface area contributed by atoms with Crippen LogP contribution in [0.15, 0.2) is 24.3 Å². The lowest BCUT2D eigenvalue weighted by molar-refractivity contribution is -0.157. The van der Waals surface area contributed by atoms with Gasteiger partial charge in [-0.15, -0.1) is 0 Å². The Kier molecular flexibility index (Phi) is 6.07. The molecule has 1 aromatic rings. The highest BCUT2D eigenvalue weighted by atomic mass is 32.2. The van der Waals surface area contributed by atoms with Crippen molar-refractivity contribution in [1.82, 2.24) is 4.90 Å². The third-order valence-electron chi connectivity index (χ3n) is 5.86. The molecule has 28 heavy (non-hydrogen) atoms. The topological polar surface area (TPSA) is 80.8 Å². The summed E-state index contributed by atoms with van der Waals surface area (Å²) in [4.78, 5) is 27.0. The zero-order chi connectivity index (χ0) is 20.4. The molecule has 3 rings (SSSR count). The van der Waals surface area contributed by atoms with Gasteiger partial charge in [-0.2, -0.15) is 0 Å². The second-order valence-corrected chi connectivity index (χ2v) is 9.84. The van der Waals surface area contributed by atoms with Gasteiger partial charge in [-0.1, -0.05) is 25.0 Å². The average Bonchev–Trinajstić information content (AvgIpc) is 3.28. The summed E-state index contributed by atoms with van der Waals surface area (Å²) in [5.74, 6) is -1.30. The summed E-state index contributed by atoms with van der Waals surface area (Å²) in [5, 5.41) is 0.